The van der Waals surface area contributed by atoms with Gasteiger partial charge in [0.1, 0.15) is 23.1 Å². The van der Waals surface area contributed by atoms with Crippen molar-refractivity contribution < 1.29 is 14.6 Å². The maximum Gasteiger partial charge on any atom is 0.267 e. The van der Waals surface area contributed by atoms with E-state index in [4.69, 9.17) is 27.9 Å². The van der Waals surface area contributed by atoms with Crippen molar-refractivity contribution in [3.05, 3.63) is 58.2 Å². The Morgan fingerprint density at radius 3 is 2.52 bits per heavy atom. The molecule has 2 aromatic carbocycles. The van der Waals surface area contributed by atoms with E-state index in [1.54, 1.807) is 18.2 Å². The number of amides is 1. The number of methoxy groups -OCH3 is 1. The lowest BCUT2D eigenvalue weighted by molar-refractivity contribution is -0.112. The number of hydrogen-bond donors (Lipinski definition) is 3. The van der Waals surface area contributed by atoms with Gasteiger partial charge in [0.25, 0.3) is 5.91 Å². The minimum atomic E-state index is -0.653. The molecule has 25 heavy (non-hydrogen) atoms. The first-order chi connectivity index (χ1) is 11.9. The van der Waals surface area contributed by atoms with Crippen molar-refractivity contribution in [2.75, 3.05) is 17.7 Å². The van der Waals surface area contributed by atoms with Gasteiger partial charge >= 0.3 is 0 Å². The Kier molecular flexibility index (Phi) is 6.12. The van der Waals surface area contributed by atoms with E-state index in [0.717, 1.165) is 0 Å². The second-order valence-electron chi connectivity index (χ2n) is 4.78. The molecule has 2 aromatic rings. The molecule has 0 unspecified atom stereocenters. The molecule has 0 aromatic heterocycles. The zero-order valence-corrected chi connectivity index (χ0v) is 14.5. The normalized spacial score (nSPS) is 10.7. The Labute approximate surface area is 154 Å². The van der Waals surface area contributed by atoms with E-state index in [9.17, 15) is 15.2 Å². The second kappa shape index (κ2) is 8.29. The van der Waals surface area contributed by atoms with Crippen LogP contribution in [-0.2, 0) is 4.79 Å². The van der Waals surface area contributed by atoms with Crippen molar-refractivity contribution in [2.24, 2.45) is 0 Å². The van der Waals surface area contributed by atoms with Crippen LogP contribution in [0.2, 0.25) is 10.0 Å². The third kappa shape index (κ3) is 4.80. The molecule has 0 aliphatic rings. The molecule has 0 saturated heterocycles. The summed E-state index contributed by atoms with van der Waals surface area (Å²) in [5.74, 6) is -0.203. The Bertz CT molecular complexity index is 859. The van der Waals surface area contributed by atoms with Crippen molar-refractivity contribution in [3.63, 3.8) is 0 Å². The summed E-state index contributed by atoms with van der Waals surface area (Å²) in [6, 6.07) is 10.8. The highest BCUT2D eigenvalue weighted by atomic mass is 35.5. The Balaban J connectivity index is 2.16. The van der Waals surface area contributed by atoms with Crippen molar-refractivity contribution in [2.45, 2.75) is 0 Å². The third-order valence-electron chi connectivity index (χ3n) is 3.11. The van der Waals surface area contributed by atoms with E-state index in [1.807, 2.05) is 0 Å². The summed E-state index contributed by atoms with van der Waals surface area (Å²) in [6.07, 6.45) is 1.25. The van der Waals surface area contributed by atoms with E-state index in [2.05, 4.69) is 10.6 Å². The van der Waals surface area contributed by atoms with Crippen LogP contribution in [0.3, 0.4) is 0 Å². The third-order valence-corrected chi connectivity index (χ3v) is 3.71. The number of ether oxygens (including phenoxy) is 1. The number of phenolic OH excluding ortho intramolecular Hbond substituents is 1. The predicted molar refractivity (Wildman–Crippen MR) is 97.1 cm³/mol. The monoisotopic (exact) mass is 377 g/mol. The van der Waals surface area contributed by atoms with E-state index in [1.165, 1.54) is 37.6 Å². The average Bonchev–Trinajstić information content (AvgIpc) is 2.59. The highest BCUT2D eigenvalue weighted by Crippen LogP contribution is 2.34. The second-order valence-corrected chi connectivity index (χ2v) is 5.60. The number of carbonyl (C=O) groups excluding carboxylic acids is 1. The first kappa shape index (κ1) is 18.5. The SMILES string of the molecule is COc1cc(NC(=O)/C(C#N)=C/Nc2ccc(O)cc2)c(Cl)cc1Cl. The van der Waals surface area contributed by atoms with Gasteiger partial charge in [-0.2, -0.15) is 5.26 Å². The summed E-state index contributed by atoms with van der Waals surface area (Å²) >= 11 is 12.0. The molecule has 0 heterocycles. The van der Waals surface area contributed by atoms with Gasteiger partial charge in [-0.3, -0.25) is 4.79 Å². The van der Waals surface area contributed by atoms with E-state index >= 15 is 0 Å². The fourth-order valence-electron chi connectivity index (χ4n) is 1.83. The number of rotatable bonds is 5. The van der Waals surface area contributed by atoms with Gasteiger partial charge in [-0.15, -0.1) is 0 Å². The number of carbonyl (C=O) groups is 1. The molecule has 0 aliphatic carbocycles. The van der Waals surface area contributed by atoms with Gasteiger partial charge in [0, 0.05) is 18.0 Å². The van der Waals surface area contributed by atoms with Gasteiger partial charge in [0.05, 0.1) is 22.8 Å². The van der Waals surface area contributed by atoms with Gasteiger partial charge in [0.15, 0.2) is 0 Å². The number of aromatic hydroxyl groups is 1. The lowest BCUT2D eigenvalue weighted by atomic mass is 10.2. The number of nitriles is 1. The average molecular weight is 378 g/mol. The largest absolute Gasteiger partial charge is 0.508 e. The zero-order valence-electron chi connectivity index (χ0n) is 13.0. The number of nitrogens with one attached hydrogen (secondary N) is 2. The molecule has 0 fully saturated rings. The van der Waals surface area contributed by atoms with E-state index < -0.39 is 5.91 Å². The van der Waals surface area contributed by atoms with Crippen LogP contribution in [0.15, 0.2) is 48.2 Å². The maximum atomic E-state index is 12.2. The summed E-state index contributed by atoms with van der Waals surface area (Å²) in [5.41, 5.74) is 0.696. The van der Waals surface area contributed by atoms with Gasteiger partial charge in [0.2, 0.25) is 0 Å². The van der Waals surface area contributed by atoms with Crippen LogP contribution in [0.4, 0.5) is 11.4 Å². The molecular weight excluding hydrogens is 365 g/mol. The number of phenols is 1. The quantitative estimate of drug-likeness (QED) is 0.413. The molecule has 1 amide bonds. The summed E-state index contributed by atoms with van der Waals surface area (Å²) in [7, 11) is 1.43. The van der Waals surface area contributed by atoms with Crippen molar-refractivity contribution >= 4 is 40.5 Å². The topological polar surface area (TPSA) is 94.4 Å². The summed E-state index contributed by atoms with van der Waals surface area (Å²) in [6.45, 7) is 0. The number of anilines is 2. The predicted octanol–water partition coefficient (Wildman–Crippen LogP) is 4.17. The smallest absolute Gasteiger partial charge is 0.267 e. The molecule has 0 aliphatic heterocycles. The van der Waals surface area contributed by atoms with Gasteiger partial charge in [-0.25, -0.2) is 0 Å². The molecule has 128 valence electrons. The number of nitrogens with zero attached hydrogens (tertiary/aromatic N) is 1. The van der Waals surface area contributed by atoms with Crippen LogP contribution < -0.4 is 15.4 Å². The molecular formula is C17H13Cl2N3O3. The fourth-order valence-corrected chi connectivity index (χ4v) is 2.34. The molecule has 6 nitrogen and oxygen atoms in total. The van der Waals surface area contributed by atoms with Crippen LogP contribution in [0.5, 0.6) is 11.5 Å². The van der Waals surface area contributed by atoms with Crippen LogP contribution in [-0.4, -0.2) is 18.1 Å². The fraction of sp³-hybridized carbons (Fsp3) is 0.0588. The molecule has 3 N–H and O–H groups in total. The van der Waals surface area contributed by atoms with Crippen molar-refractivity contribution in [3.8, 4) is 17.6 Å². The summed E-state index contributed by atoms with van der Waals surface area (Å²) < 4.78 is 5.07. The summed E-state index contributed by atoms with van der Waals surface area (Å²) in [5, 5.41) is 24.2. The number of hydrogen-bond acceptors (Lipinski definition) is 5. The van der Waals surface area contributed by atoms with Crippen molar-refractivity contribution in [1.29, 1.82) is 5.26 Å². The van der Waals surface area contributed by atoms with Gasteiger partial charge < -0.3 is 20.5 Å². The first-order valence-corrected chi connectivity index (χ1v) is 7.70. The van der Waals surface area contributed by atoms with Crippen molar-refractivity contribution in [1.82, 2.24) is 0 Å². The molecule has 0 atom stereocenters. The van der Waals surface area contributed by atoms with Crippen LogP contribution in [0, 0.1) is 11.3 Å². The highest BCUT2D eigenvalue weighted by molar-refractivity contribution is 6.37. The van der Waals surface area contributed by atoms with Gasteiger partial charge in [-0.05, 0) is 30.3 Å². The molecule has 0 spiro atoms. The standard InChI is InChI=1S/C17H13Cl2N3O3/c1-25-16-7-15(13(18)6-14(16)19)22-17(24)10(8-20)9-21-11-2-4-12(23)5-3-11/h2-7,9,21,23H,1H3,(H,22,24)/b10-9+. The van der Waals surface area contributed by atoms with E-state index in [-0.39, 0.29) is 22.0 Å². The maximum absolute atomic E-state index is 12.2. The Morgan fingerprint density at radius 2 is 1.92 bits per heavy atom. The van der Waals surface area contributed by atoms with Crippen LogP contribution in [0.1, 0.15) is 0 Å². The lowest BCUT2D eigenvalue weighted by Crippen LogP contribution is -2.15. The van der Waals surface area contributed by atoms with E-state index in [0.29, 0.717) is 16.5 Å². The number of halogens is 2. The molecule has 0 radical (unpaired) electrons. The Hall–Kier alpha value is -2.88. The lowest BCUT2D eigenvalue weighted by Gasteiger charge is -2.10. The zero-order chi connectivity index (χ0) is 18.4. The molecule has 8 heteroatoms. The minimum absolute atomic E-state index is 0.110. The number of benzene rings is 2. The van der Waals surface area contributed by atoms with Crippen LogP contribution >= 0.6 is 23.2 Å². The minimum Gasteiger partial charge on any atom is -0.508 e. The highest BCUT2D eigenvalue weighted by Gasteiger charge is 2.14. The van der Waals surface area contributed by atoms with Crippen LogP contribution in [0.25, 0.3) is 0 Å². The summed E-state index contributed by atoms with van der Waals surface area (Å²) in [4.78, 5) is 12.2. The van der Waals surface area contributed by atoms with Gasteiger partial charge in [-0.1, -0.05) is 23.2 Å². The molecule has 0 bridgehead atoms. The molecule has 0 saturated carbocycles. The molecule has 2 rings (SSSR count). The first-order valence-electron chi connectivity index (χ1n) is 6.95. The Morgan fingerprint density at radius 1 is 1.24 bits per heavy atom.